The van der Waals surface area contributed by atoms with Crippen LogP contribution in [0, 0.1) is 0 Å². The van der Waals surface area contributed by atoms with Crippen LogP contribution in [0.3, 0.4) is 0 Å². The molecule has 5 nitrogen and oxygen atoms in total. The van der Waals surface area contributed by atoms with Crippen LogP contribution in [0.25, 0.3) is 0 Å². The zero-order valence-electron chi connectivity index (χ0n) is 12.3. The molecule has 0 unspecified atom stereocenters. The second kappa shape index (κ2) is 6.76. The van der Waals surface area contributed by atoms with E-state index in [-0.39, 0.29) is 11.9 Å². The largest absolute Gasteiger partial charge is 0.476 e. The van der Waals surface area contributed by atoms with Crippen molar-refractivity contribution in [2.75, 3.05) is 11.9 Å². The van der Waals surface area contributed by atoms with Crippen LogP contribution in [0.2, 0.25) is 0 Å². The summed E-state index contributed by atoms with van der Waals surface area (Å²) < 4.78 is 8.20. The maximum Gasteiger partial charge on any atom is 0.272 e. The first kappa shape index (κ1) is 15.6. The van der Waals surface area contributed by atoms with Crippen molar-refractivity contribution in [3.05, 3.63) is 40.8 Å². The van der Waals surface area contributed by atoms with E-state index in [4.69, 9.17) is 4.74 Å². The summed E-state index contributed by atoms with van der Waals surface area (Å²) >= 11 is 3.41. The zero-order chi connectivity index (χ0) is 15.4. The van der Waals surface area contributed by atoms with E-state index in [0.29, 0.717) is 23.9 Å². The van der Waals surface area contributed by atoms with Crippen LogP contribution in [0.1, 0.15) is 37.3 Å². The minimum Gasteiger partial charge on any atom is -0.476 e. The fourth-order valence-corrected chi connectivity index (χ4v) is 2.42. The molecule has 2 rings (SSSR count). The van der Waals surface area contributed by atoms with Gasteiger partial charge in [-0.25, -0.2) is 4.98 Å². The van der Waals surface area contributed by atoms with Gasteiger partial charge in [-0.2, -0.15) is 0 Å². The van der Waals surface area contributed by atoms with Gasteiger partial charge in [0.2, 0.25) is 5.88 Å². The first-order valence-electron chi connectivity index (χ1n) is 6.79. The van der Waals surface area contributed by atoms with Gasteiger partial charge in [0.1, 0.15) is 11.4 Å². The molecule has 0 atom stereocenters. The molecule has 0 saturated heterocycles. The highest BCUT2D eigenvalue weighted by atomic mass is 79.9. The smallest absolute Gasteiger partial charge is 0.272 e. The lowest BCUT2D eigenvalue weighted by atomic mass is 10.3. The van der Waals surface area contributed by atoms with Crippen LogP contribution < -0.4 is 10.1 Å². The molecule has 0 aromatic carbocycles. The van der Waals surface area contributed by atoms with Gasteiger partial charge in [0.25, 0.3) is 5.91 Å². The molecule has 0 saturated carbocycles. The van der Waals surface area contributed by atoms with Crippen molar-refractivity contribution < 1.29 is 9.53 Å². The summed E-state index contributed by atoms with van der Waals surface area (Å²) in [6, 6.07) is 5.52. The van der Waals surface area contributed by atoms with Gasteiger partial charge in [0.15, 0.2) is 0 Å². The quantitative estimate of drug-likeness (QED) is 0.889. The Kier molecular flexibility index (Phi) is 5.01. The van der Waals surface area contributed by atoms with Gasteiger partial charge in [0.05, 0.1) is 6.61 Å². The first-order valence-corrected chi connectivity index (χ1v) is 7.58. The van der Waals surface area contributed by atoms with Gasteiger partial charge in [-0.3, -0.25) is 4.79 Å². The maximum atomic E-state index is 12.5. The molecule has 0 aliphatic carbocycles. The fourth-order valence-electron chi connectivity index (χ4n) is 1.98. The van der Waals surface area contributed by atoms with Gasteiger partial charge >= 0.3 is 0 Å². The molecule has 0 aliphatic heterocycles. The highest BCUT2D eigenvalue weighted by molar-refractivity contribution is 9.10. The van der Waals surface area contributed by atoms with E-state index < -0.39 is 0 Å². The van der Waals surface area contributed by atoms with E-state index in [1.165, 1.54) is 0 Å². The summed E-state index contributed by atoms with van der Waals surface area (Å²) in [5, 5.41) is 2.85. The molecule has 2 aromatic rings. The summed E-state index contributed by atoms with van der Waals surface area (Å²) in [5.74, 6) is 0.235. The molecule has 1 amide bonds. The molecule has 0 aliphatic rings. The lowest BCUT2D eigenvalue weighted by molar-refractivity contribution is 0.101. The molecular weight excluding hydrogens is 334 g/mol. The number of nitrogens with zero attached hydrogens (tertiary/aromatic N) is 2. The van der Waals surface area contributed by atoms with Gasteiger partial charge in [-0.1, -0.05) is 0 Å². The van der Waals surface area contributed by atoms with Crippen molar-refractivity contribution in [1.82, 2.24) is 9.55 Å². The predicted molar refractivity (Wildman–Crippen MR) is 85.9 cm³/mol. The first-order chi connectivity index (χ1) is 10.0. The standard InChI is InChI=1S/C15H18BrN3O2/c1-4-21-15-12(6-5-7-17-15)18-14(20)13-8-11(16)9-19(13)10(2)3/h5-10H,4H2,1-3H3,(H,18,20). The van der Waals surface area contributed by atoms with E-state index in [2.05, 4.69) is 26.2 Å². The number of carbonyl (C=O) groups excluding carboxylic acids is 1. The van der Waals surface area contributed by atoms with Crippen molar-refractivity contribution in [1.29, 1.82) is 0 Å². The summed E-state index contributed by atoms with van der Waals surface area (Å²) in [6.07, 6.45) is 3.53. The number of halogens is 1. The van der Waals surface area contributed by atoms with E-state index in [9.17, 15) is 4.79 Å². The van der Waals surface area contributed by atoms with Gasteiger partial charge in [0, 0.05) is 22.9 Å². The molecule has 0 radical (unpaired) electrons. The third-order valence-electron chi connectivity index (χ3n) is 2.90. The monoisotopic (exact) mass is 351 g/mol. The summed E-state index contributed by atoms with van der Waals surface area (Å²) in [6.45, 7) is 6.42. The number of rotatable bonds is 5. The van der Waals surface area contributed by atoms with E-state index in [1.54, 1.807) is 24.4 Å². The number of nitrogens with one attached hydrogen (secondary N) is 1. The number of amides is 1. The molecule has 6 heteroatoms. The normalized spacial score (nSPS) is 10.7. The van der Waals surface area contributed by atoms with Gasteiger partial charge in [-0.05, 0) is 54.9 Å². The van der Waals surface area contributed by atoms with Crippen molar-refractivity contribution in [3.63, 3.8) is 0 Å². The molecule has 21 heavy (non-hydrogen) atoms. The number of carbonyl (C=O) groups is 1. The lowest BCUT2D eigenvalue weighted by Crippen LogP contribution is -2.18. The Morgan fingerprint density at radius 2 is 2.29 bits per heavy atom. The van der Waals surface area contributed by atoms with Crippen LogP contribution in [0.5, 0.6) is 5.88 Å². The molecule has 112 valence electrons. The topological polar surface area (TPSA) is 56.1 Å². The second-order valence-electron chi connectivity index (χ2n) is 4.79. The van der Waals surface area contributed by atoms with Crippen LogP contribution >= 0.6 is 15.9 Å². The summed E-state index contributed by atoms with van der Waals surface area (Å²) in [4.78, 5) is 16.6. The Morgan fingerprint density at radius 1 is 1.52 bits per heavy atom. The van der Waals surface area contributed by atoms with Crippen molar-refractivity contribution >= 4 is 27.5 Å². The van der Waals surface area contributed by atoms with E-state index in [1.807, 2.05) is 31.5 Å². The average molecular weight is 352 g/mol. The number of ether oxygens (including phenoxy) is 1. The SMILES string of the molecule is CCOc1ncccc1NC(=O)c1cc(Br)cn1C(C)C. The van der Waals surface area contributed by atoms with Crippen LogP contribution in [-0.2, 0) is 0 Å². The Bertz CT molecular complexity index is 638. The van der Waals surface area contributed by atoms with Gasteiger partial charge < -0.3 is 14.6 Å². The molecule has 2 aromatic heterocycles. The Balaban J connectivity index is 2.26. The van der Waals surface area contributed by atoms with E-state index >= 15 is 0 Å². The van der Waals surface area contributed by atoms with Crippen molar-refractivity contribution in [3.8, 4) is 5.88 Å². The third kappa shape index (κ3) is 3.64. The molecule has 0 bridgehead atoms. The van der Waals surface area contributed by atoms with Crippen LogP contribution in [0.4, 0.5) is 5.69 Å². The Labute approximate surface area is 132 Å². The number of hydrogen-bond donors (Lipinski definition) is 1. The minimum atomic E-state index is -0.191. The van der Waals surface area contributed by atoms with E-state index in [0.717, 1.165) is 4.47 Å². The van der Waals surface area contributed by atoms with Crippen molar-refractivity contribution in [2.24, 2.45) is 0 Å². The number of hydrogen-bond acceptors (Lipinski definition) is 3. The predicted octanol–water partition coefficient (Wildman–Crippen LogP) is 3.88. The third-order valence-corrected chi connectivity index (χ3v) is 3.34. The summed E-state index contributed by atoms with van der Waals surface area (Å²) in [5.41, 5.74) is 1.15. The zero-order valence-corrected chi connectivity index (χ0v) is 13.8. The molecule has 1 N–H and O–H groups in total. The maximum absolute atomic E-state index is 12.5. The highest BCUT2D eigenvalue weighted by Gasteiger charge is 2.17. The van der Waals surface area contributed by atoms with Gasteiger partial charge in [-0.15, -0.1) is 0 Å². The molecule has 0 spiro atoms. The number of pyridine rings is 1. The minimum absolute atomic E-state index is 0.191. The average Bonchev–Trinajstić information content (AvgIpc) is 2.84. The molecule has 0 fully saturated rings. The van der Waals surface area contributed by atoms with Crippen molar-refractivity contribution in [2.45, 2.75) is 26.8 Å². The summed E-state index contributed by atoms with van der Waals surface area (Å²) in [7, 11) is 0. The Morgan fingerprint density at radius 3 is 2.95 bits per heavy atom. The second-order valence-corrected chi connectivity index (χ2v) is 5.70. The lowest BCUT2D eigenvalue weighted by Gasteiger charge is -2.14. The molecule has 2 heterocycles. The fraction of sp³-hybridized carbons (Fsp3) is 0.333. The number of anilines is 1. The number of aromatic nitrogens is 2. The highest BCUT2D eigenvalue weighted by Crippen LogP contribution is 2.24. The Hall–Kier alpha value is -1.82. The van der Waals surface area contributed by atoms with Crippen LogP contribution in [-0.4, -0.2) is 22.1 Å². The molecular formula is C15H18BrN3O2. The van der Waals surface area contributed by atoms with Crippen LogP contribution in [0.15, 0.2) is 35.1 Å².